The minimum absolute atomic E-state index is 0.140. The first-order valence-corrected chi connectivity index (χ1v) is 17.0. The second-order valence-electron chi connectivity index (χ2n) is 12.7. The quantitative estimate of drug-likeness (QED) is 0.184. The van der Waals surface area contributed by atoms with Gasteiger partial charge < -0.3 is 4.90 Å². The van der Waals surface area contributed by atoms with Gasteiger partial charge in [-0.2, -0.15) is 0 Å². The number of aryl methyl sites for hydroxylation is 2. The Bertz CT molecular complexity index is 2230. The lowest BCUT2D eigenvalue weighted by molar-refractivity contribution is 0.661. The molecule has 0 spiro atoms. The smallest absolute Gasteiger partial charge is 0.0554 e. The van der Waals surface area contributed by atoms with Gasteiger partial charge in [0.25, 0.3) is 0 Å². The lowest BCUT2D eigenvalue weighted by Gasteiger charge is -2.33. The zero-order chi connectivity index (χ0) is 30.7. The van der Waals surface area contributed by atoms with Gasteiger partial charge in [-0.3, -0.25) is 0 Å². The number of benzene rings is 6. The molecule has 0 saturated heterocycles. The van der Waals surface area contributed by atoms with Gasteiger partial charge in [0.05, 0.1) is 11.4 Å². The topological polar surface area (TPSA) is 3.24 Å². The van der Waals surface area contributed by atoms with Gasteiger partial charge in [-0.05, 0) is 93.7 Å². The zero-order valence-electron chi connectivity index (χ0n) is 26.4. The van der Waals surface area contributed by atoms with E-state index in [4.69, 9.17) is 0 Å². The molecule has 45 heavy (non-hydrogen) atoms. The fraction of sp³-hybridized carbons (Fsp3) is 0.163. The van der Waals surface area contributed by atoms with Crippen LogP contribution in [-0.4, -0.2) is 0 Å². The molecule has 0 unspecified atom stereocenters. The van der Waals surface area contributed by atoms with Crippen LogP contribution in [0.15, 0.2) is 127 Å². The molecule has 0 saturated carbocycles. The summed E-state index contributed by atoms with van der Waals surface area (Å²) in [6.07, 6.45) is 1.98. The van der Waals surface area contributed by atoms with Crippen LogP contribution >= 0.6 is 11.3 Å². The summed E-state index contributed by atoms with van der Waals surface area (Å²) in [5.74, 6) is 0. The number of nitrogens with zero attached hydrogens (tertiary/aromatic N) is 1. The van der Waals surface area contributed by atoms with E-state index in [-0.39, 0.29) is 5.41 Å². The molecule has 0 bridgehead atoms. The van der Waals surface area contributed by atoms with Crippen LogP contribution in [0, 0.1) is 0 Å². The van der Waals surface area contributed by atoms with E-state index < -0.39 is 0 Å². The van der Waals surface area contributed by atoms with E-state index in [1.165, 1.54) is 81.7 Å². The van der Waals surface area contributed by atoms with E-state index in [2.05, 4.69) is 160 Å². The van der Waals surface area contributed by atoms with Crippen molar-refractivity contribution in [3.8, 4) is 22.3 Å². The Hall–Kier alpha value is -4.66. The summed E-state index contributed by atoms with van der Waals surface area (Å²) >= 11 is 1.88. The molecule has 220 valence electrons. The van der Waals surface area contributed by atoms with Crippen LogP contribution in [0.3, 0.4) is 0 Å². The van der Waals surface area contributed by atoms with Crippen molar-refractivity contribution < 1.29 is 0 Å². The SMILES string of the molecule is CCc1ccccc1-c1ccc(N(c2cccc3c2C(C)(C)c2ccccc2-3)c2cccc3sc4ccccc4c23)cc1CC. The number of hydrogen-bond acceptors (Lipinski definition) is 2. The average Bonchev–Trinajstić information content (AvgIpc) is 3.58. The van der Waals surface area contributed by atoms with Gasteiger partial charge in [-0.1, -0.05) is 119 Å². The molecule has 1 aromatic heterocycles. The zero-order valence-corrected chi connectivity index (χ0v) is 27.2. The molecule has 1 aliphatic rings. The van der Waals surface area contributed by atoms with Gasteiger partial charge in [0, 0.05) is 31.3 Å². The molecule has 6 aromatic carbocycles. The summed E-state index contributed by atoms with van der Waals surface area (Å²) in [5, 5.41) is 2.64. The maximum Gasteiger partial charge on any atom is 0.0554 e. The number of rotatable bonds is 6. The molecule has 0 atom stereocenters. The molecule has 1 aliphatic carbocycles. The molecule has 0 radical (unpaired) electrons. The Labute approximate surface area is 270 Å². The highest BCUT2D eigenvalue weighted by molar-refractivity contribution is 7.26. The van der Waals surface area contributed by atoms with E-state index >= 15 is 0 Å². The Balaban J connectivity index is 1.43. The van der Waals surface area contributed by atoms with Crippen LogP contribution in [0.1, 0.15) is 49.9 Å². The minimum Gasteiger partial charge on any atom is -0.309 e. The van der Waals surface area contributed by atoms with Crippen molar-refractivity contribution in [2.45, 2.75) is 46.0 Å². The minimum atomic E-state index is -0.140. The fourth-order valence-electron chi connectivity index (χ4n) is 7.72. The summed E-state index contributed by atoms with van der Waals surface area (Å²) in [7, 11) is 0. The van der Waals surface area contributed by atoms with Gasteiger partial charge in [0.1, 0.15) is 0 Å². The molecule has 1 heterocycles. The summed E-state index contributed by atoms with van der Waals surface area (Å²) in [6.45, 7) is 9.32. The Morgan fingerprint density at radius 1 is 0.556 bits per heavy atom. The average molecular weight is 600 g/mol. The predicted octanol–water partition coefficient (Wildman–Crippen LogP) is 12.6. The summed E-state index contributed by atoms with van der Waals surface area (Å²) < 4.78 is 2.64. The van der Waals surface area contributed by atoms with E-state index in [0.29, 0.717) is 0 Å². The molecule has 0 N–H and O–H groups in total. The molecule has 0 aliphatic heterocycles. The highest BCUT2D eigenvalue weighted by atomic mass is 32.1. The van der Waals surface area contributed by atoms with Gasteiger partial charge in [-0.25, -0.2) is 0 Å². The second kappa shape index (κ2) is 10.8. The first-order valence-electron chi connectivity index (χ1n) is 16.2. The van der Waals surface area contributed by atoms with Crippen molar-refractivity contribution in [3.63, 3.8) is 0 Å². The fourth-order valence-corrected chi connectivity index (χ4v) is 8.85. The normalized spacial score (nSPS) is 13.2. The lowest BCUT2D eigenvalue weighted by Crippen LogP contribution is -2.21. The van der Waals surface area contributed by atoms with Crippen LogP contribution in [-0.2, 0) is 18.3 Å². The van der Waals surface area contributed by atoms with Gasteiger partial charge >= 0.3 is 0 Å². The third-order valence-electron chi connectivity index (χ3n) is 9.84. The van der Waals surface area contributed by atoms with E-state index in [1.54, 1.807) is 0 Å². The number of hydrogen-bond donors (Lipinski definition) is 0. The van der Waals surface area contributed by atoms with Gasteiger partial charge in [-0.15, -0.1) is 11.3 Å². The highest BCUT2D eigenvalue weighted by Crippen LogP contribution is 2.55. The van der Waals surface area contributed by atoms with E-state index in [9.17, 15) is 0 Å². The molecule has 2 heteroatoms. The largest absolute Gasteiger partial charge is 0.309 e. The molecule has 7 aromatic rings. The monoisotopic (exact) mass is 599 g/mol. The maximum atomic E-state index is 2.56. The van der Waals surface area contributed by atoms with Gasteiger partial charge in [0.2, 0.25) is 0 Å². The van der Waals surface area contributed by atoms with Crippen molar-refractivity contribution in [2.75, 3.05) is 4.90 Å². The Morgan fingerprint density at radius 3 is 2.04 bits per heavy atom. The predicted molar refractivity (Wildman–Crippen MR) is 196 cm³/mol. The summed E-state index contributed by atoms with van der Waals surface area (Å²) in [6, 6.07) is 47.6. The number of thiophene rings is 1. The van der Waals surface area contributed by atoms with E-state index in [0.717, 1.165) is 12.8 Å². The summed E-state index contributed by atoms with van der Waals surface area (Å²) in [5.41, 5.74) is 14.5. The molecule has 1 nitrogen and oxygen atoms in total. The molecular weight excluding hydrogens is 563 g/mol. The molecule has 8 rings (SSSR count). The van der Waals surface area contributed by atoms with Crippen molar-refractivity contribution in [3.05, 3.63) is 150 Å². The maximum absolute atomic E-state index is 2.56. The van der Waals surface area contributed by atoms with Crippen molar-refractivity contribution >= 4 is 48.6 Å². The first kappa shape index (κ1) is 27.9. The highest BCUT2D eigenvalue weighted by Gasteiger charge is 2.39. The first-order chi connectivity index (χ1) is 22.0. The molecular formula is C43H37NS. The van der Waals surface area contributed by atoms with Crippen molar-refractivity contribution in [1.29, 1.82) is 0 Å². The van der Waals surface area contributed by atoms with Gasteiger partial charge in [0.15, 0.2) is 0 Å². The lowest BCUT2D eigenvalue weighted by atomic mass is 9.81. The number of fused-ring (bicyclic) bond motifs is 6. The Kier molecular flexibility index (Phi) is 6.66. The van der Waals surface area contributed by atoms with Crippen LogP contribution in [0.2, 0.25) is 0 Å². The van der Waals surface area contributed by atoms with Crippen LogP contribution in [0.4, 0.5) is 17.1 Å². The number of anilines is 3. The summed E-state index contributed by atoms with van der Waals surface area (Å²) in [4.78, 5) is 2.56. The molecule has 0 fully saturated rings. The Morgan fingerprint density at radius 2 is 1.20 bits per heavy atom. The van der Waals surface area contributed by atoms with Crippen LogP contribution in [0.25, 0.3) is 42.4 Å². The third-order valence-corrected chi connectivity index (χ3v) is 11.0. The van der Waals surface area contributed by atoms with E-state index in [1.807, 2.05) is 11.3 Å². The van der Waals surface area contributed by atoms with Crippen molar-refractivity contribution in [1.82, 2.24) is 0 Å². The second-order valence-corrected chi connectivity index (χ2v) is 13.7. The van der Waals surface area contributed by atoms with Crippen LogP contribution in [0.5, 0.6) is 0 Å². The van der Waals surface area contributed by atoms with Crippen molar-refractivity contribution in [2.24, 2.45) is 0 Å². The molecule has 0 amide bonds. The van der Waals surface area contributed by atoms with Crippen LogP contribution < -0.4 is 4.90 Å². The third kappa shape index (κ3) is 4.27. The standard InChI is InChI=1S/C43H37NS/c1-5-28-15-7-8-16-31(28)32-26-25-30(27-29(32)6-2)44(37-21-14-24-40-41(37)35-18-10-12-23-39(35)45-40)38-22-13-19-34-33-17-9-11-20-36(33)43(3,4)42(34)38/h7-27H,5-6H2,1-4H3.